The van der Waals surface area contributed by atoms with Gasteiger partial charge < -0.3 is 32.4 Å². The first-order chi connectivity index (χ1) is 10.2. The van der Waals surface area contributed by atoms with Crippen molar-refractivity contribution in [3.63, 3.8) is 0 Å². The van der Waals surface area contributed by atoms with Crippen LogP contribution in [0, 0.1) is 20.4 Å². The summed E-state index contributed by atoms with van der Waals surface area (Å²) in [5, 5.41) is 21.0. The summed E-state index contributed by atoms with van der Waals surface area (Å²) in [4.78, 5) is 0. The molecule has 0 aromatic carbocycles. The fourth-order valence-corrected chi connectivity index (χ4v) is 0.865. The third kappa shape index (κ3) is 44.9. The Morgan fingerprint density at radius 2 is 1.61 bits per heavy atom. The van der Waals surface area contributed by atoms with Gasteiger partial charge in [0, 0.05) is 20.1 Å². The van der Waals surface area contributed by atoms with Crippen LogP contribution in [-0.2, 0) is 20.1 Å². The maximum atomic E-state index is 8.56. The Balaban J connectivity index is -0.000000107. The molecule has 0 fully saturated rings. The van der Waals surface area contributed by atoms with E-state index < -0.39 is 0 Å². The zero-order valence-electron chi connectivity index (χ0n) is 14.2. The molecule has 135 valence electrons. The normalized spacial score (nSPS) is 12.5. The summed E-state index contributed by atoms with van der Waals surface area (Å²) in [5.41, 5.74) is 3.41. The van der Waals surface area contributed by atoms with Crippen molar-refractivity contribution in [2.24, 2.45) is 0 Å². The molecule has 0 saturated carbocycles. The van der Waals surface area contributed by atoms with E-state index in [1.165, 1.54) is 0 Å². The van der Waals surface area contributed by atoms with Crippen LogP contribution in [0.1, 0.15) is 20.3 Å². The summed E-state index contributed by atoms with van der Waals surface area (Å²) < 4.78 is 0. The average molecular weight is 496 g/mol. The Hall–Kier alpha value is -1.41. The summed E-state index contributed by atoms with van der Waals surface area (Å²) in [6.45, 7) is 25.6. The molecule has 0 amide bonds. The van der Waals surface area contributed by atoms with Crippen molar-refractivity contribution in [3.05, 3.63) is 86.8 Å². The van der Waals surface area contributed by atoms with Gasteiger partial charge in [-0.3, -0.25) is 27.0 Å². The van der Waals surface area contributed by atoms with Gasteiger partial charge in [0.1, 0.15) is 0 Å². The summed E-state index contributed by atoms with van der Waals surface area (Å²) >= 11 is 0. The minimum absolute atomic E-state index is 0. The number of aliphatic hydroxyl groups excluding tert-OH is 2. The van der Waals surface area contributed by atoms with Gasteiger partial charge in [0.25, 0.3) is 0 Å². The van der Waals surface area contributed by atoms with E-state index in [2.05, 4.69) is 45.5 Å². The largest absolute Gasteiger partial charge is 0.687 e. The van der Waals surface area contributed by atoms with Gasteiger partial charge in [-0.1, -0.05) is 12.2 Å². The second-order valence-corrected chi connectivity index (χ2v) is 4.48. The molecule has 0 aromatic heterocycles. The van der Waals surface area contributed by atoms with Crippen molar-refractivity contribution in [1.82, 2.24) is 0 Å². The fraction of sp³-hybridized carbons (Fsp3) is 0.316. The minimum Gasteiger partial charge on any atom is -0.687 e. The molecular weight excluding hydrogens is 466 g/mol. The molecule has 0 aliphatic carbocycles. The van der Waals surface area contributed by atoms with E-state index in [1.807, 2.05) is 24.0 Å². The Kier molecular flexibility index (Phi) is 29.4. The molecular formula is C19H29IrNO2-4. The summed E-state index contributed by atoms with van der Waals surface area (Å²) in [5.74, 6) is 0. The maximum absolute atomic E-state index is 8.56. The maximum Gasteiger partial charge on any atom is 0.0536 e. The Morgan fingerprint density at radius 1 is 1.22 bits per heavy atom. The molecule has 1 heterocycles. The van der Waals surface area contributed by atoms with Crippen LogP contribution in [-0.4, -0.2) is 29.0 Å². The van der Waals surface area contributed by atoms with Crippen molar-refractivity contribution in [2.75, 3.05) is 6.54 Å². The quantitative estimate of drug-likeness (QED) is 0.352. The minimum atomic E-state index is -0.375. The van der Waals surface area contributed by atoms with E-state index in [0.29, 0.717) is 17.6 Å². The van der Waals surface area contributed by atoms with E-state index in [1.54, 1.807) is 20.0 Å². The molecule has 0 spiro atoms. The Labute approximate surface area is 156 Å². The molecule has 0 bridgehead atoms. The van der Waals surface area contributed by atoms with Gasteiger partial charge in [-0.15, -0.1) is 12.6 Å². The van der Waals surface area contributed by atoms with E-state index in [0.717, 1.165) is 6.54 Å². The number of hydrogen-bond acceptors (Lipinski definition) is 2. The molecule has 2 unspecified atom stereocenters. The second-order valence-electron chi connectivity index (χ2n) is 4.48. The number of allylic oxidation sites excluding steroid dienone is 4. The Bertz CT molecular complexity index is 347. The van der Waals surface area contributed by atoms with Gasteiger partial charge >= 0.3 is 0 Å². The molecule has 3 nitrogen and oxygen atoms in total. The number of nitrogens with zero attached hydrogens (tertiary/aromatic N) is 1. The van der Waals surface area contributed by atoms with Gasteiger partial charge in [0.15, 0.2) is 0 Å². The van der Waals surface area contributed by atoms with Crippen molar-refractivity contribution < 1.29 is 30.3 Å². The topological polar surface area (TPSA) is 54.6 Å². The van der Waals surface area contributed by atoms with Gasteiger partial charge in [-0.2, -0.15) is 6.20 Å². The van der Waals surface area contributed by atoms with Gasteiger partial charge in [0.05, 0.1) is 12.2 Å². The molecule has 23 heavy (non-hydrogen) atoms. The average Bonchev–Trinajstić information content (AvgIpc) is 2.41. The number of rotatable bonds is 3. The van der Waals surface area contributed by atoms with E-state index in [9.17, 15) is 0 Å². The van der Waals surface area contributed by atoms with E-state index >= 15 is 0 Å². The summed E-state index contributed by atoms with van der Waals surface area (Å²) in [6, 6.07) is 0. The SMILES string of the molecule is C1=CC[N-]C=C1.C=C([CH2-])C(=C)[CH2-].CC(O)CC(C)O.[CH-]=C=C.[Ir]. The first-order valence-corrected chi connectivity index (χ1v) is 6.78. The first kappa shape index (κ1) is 29.6. The van der Waals surface area contributed by atoms with Crippen molar-refractivity contribution in [2.45, 2.75) is 32.5 Å². The van der Waals surface area contributed by atoms with Crippen LogP contribution in [0.15, 0.2) is 61.0 Å². The molecule has 1 radical (unpaired) electrons. The van der Waals surface area contributed by atoms with Crippen LogP contribution in [0.25, 0.3) is 5.32 Å². The second kappa shape index (κ2) is 22.9. The standard InChI is InChI=1S/C6H8.C5H6N.C5H12O2.C3H3.Ir/c1-5(2)6(3)4;1-2-4-6-5-3-1;1-4(6)3-5(2)7;1-3-2;/h1-4H2;1-4H,5H2;4-7H,3H2,1-2H3;1H,2H2;/q-2;-1;;-1;. The van der Waals surface area contributed by atoms with Crippen LogP contribution < -0.4 is 0 Å². The summed E-state index contributed by atoms with van der Waals surface area (Å²) in [7, 11) is 0. The fourth-order valence-electron chi connectivity index (χ4n) is 0.865. The summed E-state index contributed by atoms with van der Waals surface area (Å²) in [6.07, 6.45) is 7.45. The number of hydrogen-bond donors (Lipinski definition) is 2. The predicted molar refractivity (Wildman–Crippen MR) is 96.9 cm³/mol. The van der Waals surface area contributed by atoms with E-state index in [-0.39, 0.29) is 32.3 Å². The molecule has 1 rings (SSSR count). The number of aliphatic hydroxyl groups is 2. The Morgan fingerprint density at radius 3 is 1.65 bits per heavy atom. The van der Waals surface area contributed by atoms with Gasteiger partial charge in [-0.05, 0) is 20.3 Å². The van der Waals surface area contributed by atoms with Crippen LogP contribution in [0.5, 0.6) is 0 Å². The van der Waals surface area contributed by atoms with Crippen molar-refractivity contribution in [1.29, 1.82) is 0 Å². The zero-order chi connectivity index (χ0) is 18.0. The van der Waals surface area contributed by atoms with Crippen LogP contribution in [0.2, 0.25) is 0 Å². The smallest absolute Gasteiger partial charge is 0.0536 e. The zero-order valence-corrected chi connectivity index (χ0v) is 16.6. The van der Waals surface area contributed by atoms with Gasteiger partial charge in [-0.25, -0.2) is 13.2 Å². The van der Waals surface area contributed by atoms with Crippen molar-refractivity contribution in [3.8, 4) is 0 Å². The molecule has 1 aliphatic heterocycles. The first-order valence-electron chi connectivity index (χ1n) is 6.78. The molecule has 2 N–H and O–H groups in total. The molecule has 0 aromatic rings. The van der Waals surface area contributed by atoms with Crippen LogP contribution >= 0.6 is 0 Å². The third-order valence-electron chi connectivity index (χ3n) is 1.83. The van der Waals surface area contributed by atoms with Crippen molar-refractivity contribution >= 4 is 0 Å². The predicted octanol–water partition coefficient (Wildman–Crippen LogP) is 4.11. The van der Waals surface area contributed by atoms with Gasteiger partial charge in [0.2, 0.25) is 0 Å². The van der Waals surface area contributed by atoms with Crippen LogP contribution in [0.4, 0.5) is 0 Å². The monoisotopic (exact) mass is 496 g/mol. The van der Waals surface area contributed by atoms with E-state index in [4.69, 9.17) is 10.2 Å². The molecule has 1 aliphatic rings. The van der Waals surface area contributed by atoms with Crippen LogP contribution in [0.3, 0.4) is 0 Å². The molecule has 4 heteroatoms. The molecule has 0 saturated heterocycles. The third-order valence-corrected chi connectivity index (χ3v) is 1.83. The molecule has 2 atom stereocenters.